The minimum Gasteiger partial charge on any atom is -0.396 e. The van der Waals surface area contributed by atoms with Crippen LogP contribution in [-0.4, -0.2) is 24.9 Å². The van der Waals surface area contributed by atoms with Gasteiger partial charge >= 0.3 is 0 Å². The summed E-state index contributed by atoms with van der Waals surface area (Å²) in [6, 6.07) is 2.10. The quantitative estimate of drug-likeness (QED) is 0.588. The lowest BCUT2D eigenvalue weighted by atomic mass is 10.1. The van der Waals surface area contributed by atoms with Gasteiger partial charge in [0.2, 0.25) is 0 Å². The summed E-state index contributed by atoms with van der Waals surface area (Å²) >= 11 is 0. The van der Waals surface area contributed by atoms with Crippen molar-refractivity contribution in [1.29, 1.82) is 5.26 Å². The molecule has 0 saturated heterocycles. The standard InChI is InChI=1S/C9H17NO2/c1-9(4-5-10)8-12-7-3-2-6-11/h9,11H,2-4,6-8H2,1H3. The van der Waals surface area contributed by atoms with Crippen molar-refractivity contribution >= 4 is 0 Å². The van der Waals surface area contributed by atoms with Gasteiger partial charge in [0.05, 0.1) is 12.7 Å². The van der Waals surface area contributed by atoms with Crippen LogP contribution in [0.15, 0.2) is 0 Å². The molecule has 0 aliphatic heterocycles. The molecule has 1 atom stereocenters. The number of nitriles is 1. The van der Waals surface area contributed by atoms with Gasteiger partial charge in [-0.3, -0.25) is 0 Å². The second-order valence-electron chi connectivity index (χ2n) is 2.97. The molecule has 3 nitrogen and oxygen atoms in total. The number of unbranched alkanes of at least 4 members (excludes halogenated alkanes) is 1. The van der Waals surface area contributed by atoms with Crippen LogP contribution in [-0.2, 0) is 4.74 Å². The lowest BCUT2D eigenvalue weighted by Gasteiger charge is -2.07. The maximum absolute atomic E-state index is 8.46. The Bertz CT molecular complexity index is 131. The Morgan fingerprint density at radius 3 is 2.83 bits per heavy atom. The minimum atomic E-state index is 0.233. The molecule has 3 heteroatoms. The van der Waals surface area contributed by atoms with E-state index < -0.39 is 0 Å². The van der Waals surface area contributed by atoms with E-state index in [2.05, 4.69) is 6.07 Å². The summed E-state index contributed by atoms with van der Waals surface area (Å²) in [5.41, 5.74) is 0. The van der Waals surface area contributed by atoms with E-state index >= 15 is 0 Å². The topological polar surface area (TPSA) is 53.2 Å². The van der Waals surface area contributed by atoms with Crippen LogP contribution in [0.1, 0.15) is 26.2 Å². The zero-order chi connectivity index (χ0) is 9.23. The Hall–Kier alpha value is -0.590. The van der Waals surface area contributed by atoms with E-state index in [0.717, 1.165) is 12.8 Å². The molecule has 12 heavy (non-hydrogen) atoms. The maximum atomic E-state index is 8.46. The average Bonchev–Trinajstić information content (AvgIpc) is 2.05. The number of rotatable bonds is 7. The lowest BCUT2D eigenvalue weighted by Crippen LogP contribution is -2.06. The van der Waals surface area contributed by atoms with E-state index in [0.29, 0.717) is 25.6 Å². The normalized spacial score (nSPS) is 12.4. The fourth-order valence-corrected chi connectivity index (χ4v) is 0.815. The van der Waals surface area contributed by atoms with Crippen molar-refractivity contribution < 1.29 is 9.84 Å². The highest BCUT2D eigenvalue weighted by atomic mass is 16.5. The first kappa shape index (κ1) is 11.4. The predicted molar refractivity (Wildman–Crippen MR) is 46.5 cm³/mol. The molecule has 0 aliphatic carbocycles. The van der Waals surface area contributed by atoms with Crippen molar-refractivity contribution in [2.24, 2.45) is 5.92 Å². The molecule has 0 aromatic carbocycles. The summed E-state index contributed by atoms with van der Waals surface area (Å²) in [4.78, 5) is 0. The Morgan fingerprint density at radius 2 is 2.25 bits per heavy atom. The smallest absolute Gasteiger partial charge is 0.0625 e. The van der Waals surface area contributed by atoms with Crippen molar-refractivity contribution in [3.63, 3.8) is 0 Å². The number of nitrogens with zero attached hydrogens (tertiary/aromatic N) is 1. The number of ether oxygens (including phenoxy) is 1. The van der Waals surface area contributed by atoms with Gasteiger partial charge in [-0.15, -0.1) is 0 Å². The number of aliphatic hydroxyl groups excluding tert-OH is 1. The molecule has 1 unspecified atom stereocenters. The molecule has 0 saturated carbocycles. The molecule has 0 spiro atoms. The predicted octanol–water partition coefficient (Wildman–Crippen LogP) is 1.33. The Kier molecular flexibility index (Phi) is 8.09. The second kappa shape index (κ2) is 8.51. The molecule has 0 bridgehead atoms. The van der Waals surface area contributed by atoms with Crippen molar-refractivity contribution in [2.75, 3.05) is 19.8 Å². The second-order valence-corrected chi connectivity index (χ2v) is 2.97. The summed E-state index contributed by atoms with van der Waals surface area (Å²) < 4.78 is 5.29. The largest absolute Gasteiger partial charge is 0.396 e. The molecular formula is C9H17NO2. The van der Waals surface area contributed by atoms with Gasteiger partial charge in [-0.05, 0) is 18.8 Å². The van der Waals surface area contributed by atoms with Gasteiger partial charge in [0.15, 0.2) is 0 Å². The fraction of sp³-hybridized carbons (Fsp3) is 0.889. The molecule has 0 aromatic rings. The van der Waals surface area contributed by atoms with E-state index in [9.17, 15) is 0 Å². The van der Waals surface area contributed by atoms with E-state index in [4.69, 9.17) is 15.1 Å². The summed E-state index contributed by atoms with van der Waals surface area (Å²) in [5.74, 6) is 0.323. The molecule has 0 rings (SSSR count). The maximum Gasteiger partial charge on any atom is 0.0625 e. The summed E-state index contributed by atoms with van der Waals surface area (Å²) in [6.45, 7) is 3.57. The number of hydrogen-bond donors (Lipinski definition) is 1. The van der Waals surface area contributed by atoms with E-state index in [1.165, 1.54) is 0 Å². The Labute approximate surface area is 74.0 Å². The van der Waals surface area contributed by atoms with Crippen molar-refractivity contribution in [3.05, 3.63) is 0 Å². The van der Waals surface area contributed by atoms with Gasteiger partial charge in [0.25, 0.3) is 0 Å². The summed E-state index contributed by atoms with van der Waals surface area (Å²) in [5, 5.41) is 16.8. The number of hydrogen-bond acceptors (Lipinski definition) is 3. The SMILES string of the molecule is CC(CC#N)COCCCCO. The summed E-state index contributed by atoms with van der Waals surface area (Å²) in [7, 11) is 0. The zero-order valence-electron chi connectivity index (χ0n) is 7.62. The molecule has 1 N–H and O–H groups in total. The first-order valence-corrected chi connectivity index (χ1v) is 4.36. The highest BCUT2D eigenvalue weighted by molar-refractivity contribution is 4.72. The van der Waals surface area contributed by atoms with Crippen LogP contribution < -0.4 is 0 Å². The van der Waals surface area contributed by atoms with Crippen LogP contribution in [0.5, 0.6) is 0 Å². The van der Waals surface area contributed by atoms with Gasteiger partial charge in [0, 0.05) is 19.6 Å². The van der Waals surface area contributed by atoms with Crippen LogP contribution in [0, 0.1) is 17.2 Å². The summed E-state index contributed by atoms with van der Waals surface area (Å²) in [6.07, 6.45) is 2.25. The zero-order valence-corrected chi connectivity index (χ0v) is 7.62. The molecule has 0 fully saturated rings. The third-order valence-corrected chi connectivity index (χ3v) is 1.54. The molecule has 0 amide bonds. The average molecular weight is 171 g/mol. The first-order valence-electron chi connectivity index (χ1n) is 4.36. The third kappa shape index (κ3) is 7.52. The van der Waals surface area contributed by atoms with Crippen molar-refractivity contribution in [3.8, 4) is 6.07 Å². The molecule has 70 valence electrons. The molecule has 0 radical (unpaired) electrons. The Balaban J connectivity index is 3.04. The minimum absolute atomic E-state index is 0.233. The Morgan fingerprint density at radius 1 is 1.50 bits per heavy atom. The van der Waals surface area contributed by atoms with Crippen LogP contribution >= 0.6 is 0 Å². The highest BCUT2D eigenvalue weighted by Crippen LogP contribution is 2.01. The molecule has 0 aromatic heterocycles. The number of aliphatic hydroxyl groups is 1. The van der Waals surface area contributed by atoms with Crippen molar-refractivity contribution in [2.45, 2.75) is 26.2 Å². The van der Waals surface area contributed by atoms with Crippen LogP contribution in [0.3, 0.4) is 0 Å². The lowest BCUT2D eigenvalue weighted by molar-refractivity contribution is 0.0992. The monoisotopic (exact) mass is 171 g/mol. The fourth-order valence-electron chi connectivity index (χ4n) is 0.815. The molecule has 0 aliphatic rings. The van der Waals surface area contributed by atoms with Gasteiger partial charge < -0.3 is 9.84 Å². The van der Waals surface area contributed by atoms with Gasteiger partial charge in [-0.1, -0.05) is 6.92 Å². The van der Waals surface area contributed by atoms with E-state index in [1.807, 2.05) is 6.92 Å². The van der Waals surface area contributed by atoms with Crippen molar-refractivity contribution in [1.82, 2.24) is 0 Å². The van der Waals surface area contributed by atoms with E-state index in [1.54, 1.807) is 0 Å². The van der Waals surface area contributed by atoms with E-state index in [-0.39, 0.29) is 6.61 Å². The molecular weight excluding hydrogens is 154 g/mol. The molecule has 0 heterocycles. The first-order chi connectivity index (χ1) is 5.81. The van der Waals surface area contributed by atoms with Crippen LogP contribution in [0.2, 0.25) is 0 Å². The third-order valence-electron chi connectivity index (χ3n) is 1.54. The van der Waals surface area contributed by atoms with Crippen LogP contribution in [0.25, 0.3) is 0 Å². The van der Waals surface area contributed by atoms with Gasteiger partial charge in [-0.25, -0.2) is 0 Å². The van der Waals surface area contributed by atoms with Gasteiger partial charge in [0.1, 0.15) is 0 Å². The van der Waals surface area contributed by atoms with Crippen LogP contribution in [0.4, 0.5) is 0 Å². The van der Waals surface area contributed by atoms with Gasteiger partial charge in [-0.2, -0.15) is 5.26 Å². The highest BCUT2D eigenvalue weighted by Gasteiger charge is 1.99.